The summed E-state index contributed by atoms with van der Waals surface area (Å²) in [6.07, 6.45) is -0.949. The molecule has 1 atom stereocenters. The van der Waals surface area contributed by atoms with Crippen molar-refractivity contribution in [1.29, 1.82) is 0 Å². The van der Waals surface area contributed by atoms with Crippen LogP contribution in [0.4, 0.5) is 4.79 Å². The third-order valence-electron chi connectivity index (χ3n) is 2.56. The van der Waals surface area contributed by atoms with Crippen LogP contribution in [0.5, 0.6) is 0 Å². The number of esters is 1. The van der Waals surface area contributed by atoms with Crippen molar-refractivity contribution < 1.29 is 27.5 Å². The Hall–Kier alpha value is -1.80. The van der Waals surface area contributed by atoms with Crippen LogP contribution < -0.4 is 5.32 Å². The molecule has 0 saturated carbocycles. The number of benzene rings is 1. The van der Waals surface area contributed by atoms with E-state index in [1.807, 2.05) is 6.07 Å². The first-order chi connectivity index (χ1) is 11.0. The summed E-state index contributed by atoms with van der Waals surface area (Å²) in [5.41, 5.74) is -0.104. The zero-order valence-corrected chi connectivity index (χ0v) is 15.2. The number of carbonyl (C=O) groups excluding carboxylic acids is 2. The van der Waals surface area contributed by atoms with Crippen molar-refractivity contribution in [2.24, 2.45) is 0 Å². The second-order valence-electron chi connectivity index (χ2n) is 6.00. The highest BCUT2D eigenvalue weighted by atomic mass is 35.7. The van der Waals surface area contributed by atoms with Crippen molar-refractivity contribution in [3.63, 3.8) is 0 Å². The molecule has 0 aliphatic carbocycles. The van der Waals surface area contributed by atoms with Crippen molar-refractivity contribution in [2.45, 2.75) is 39.0 Å². The van der Waals surface area contributed by atoms with E-state index in [9.17, 15) is 18.0 Å². The molecule has 1 aromatic carbocycles. The molecule has 0 heterocycles. The Kier molecular flexibility index (Phi) is 7.04. The van der Waals surface area contributed by atoms with Gasteiger partial charge in [0.05, 0.1) is 5.75 Å². The van der Waals surface area contributed by atoms with E-state index in [1.165, 1.54) is 0 Å². The zero-order chi connectivity index (χ0) is 18.4. The Morgan fingerprint density at radius 2 is 1.79 bits per heavy atom. The van der Waals surface area contributed by atoms with Gasteiger partial charge in [0.1, 0.15) is 18.2 Å². The van der Waals surface area contributed by atoms with Gasteiger partial charge in [-0.25, -0.2) is 18.0 Å². The first-order valence-corrected chi connectivity index (χ1v) is 9.56. The summed E-state index contributed by atoms with van der Waals surface area (Å²) < 4.78 is 32.5. The molecule has 0 aliphatic heterocycles. The molecule has 24 heavy (non-hydrogen) atoms. The van der Waals surface area contributed by atoms with Gasteiger partial charge in [0.15, 0.2) is 0 Å². The van der Waals surface area contributed by atoms with Crippen LogP contribution in [0.3, 0.4) is 0 Å². The minimum absolute atomic E-state index is 0.0265. The van der Waals surface area contributed by atoms with E-state index in [0.29, 0.717) is 0 Å². The maximum Gasteiger partial charge on any atom is 0.408 e. The van der Waals surface area contributed by atoms with Crippen LogP contribution in [0.15, 0.2) is 30.3 Å². The van der Waals surface area contributed by atoms with Gasteiger partial charge in [-0.2, -0.15) is 0 Å². The van der Waals surface area contributed by atoms with Gasteiger partial charge in [-0.15, -0.1) is 0 Å². The number of ether oxygens (including phenoxy) is 2. The van der Waals surface area contributed by atoms with Gasteiger partial charge in [-0.3, -0.25) is 0 Å². The molecule has 1 unspecified atom stereocenters. The number of nitrogens with one attached hydrogen (secondary N) is 1. The minimum Gasteiger partial charge on any atom is -0.458 e. The Morgan fingerprint density at radius 1 is 1.21 bits per heavy atom. The van der Waals surface area contributed by atoms with Gasteiger partial charge in [-0.1, -0.05) is 30.3 Å². The molecule has 134 valence electrons. The van der Waals surface area contributed by atoms with Crippen LogP contribution >= 0.6 is 10.7 Å². The highest BCUT2D eigenvalue weighted by Crippen LogP contribution is 2.11. The lowest BCUT2D eigenvalue weighted by atomic mass is 10.2. The lowest BCUT2D eigenvalue weighted by Gasteiger charge is -2.23. The topological polar surface area (TPSA) is 98.8 Å². The lowest BCUT2D eigenvalue weighted by molar-refractivity contribution is -0.156. The monoisotopic (exact) mass is 377 g/mol. The maximum absolute atomic E-state index is 12.0. The number of hydrogen-bond acceptors (Lipinski definition) is 6. The normalized spacial score (nSPS) is 13.0. The first-order valence-electron chi connectivity index (χ1n) is 7.09. The summed E-state index contributed by atoms with van der Waals surface area (Å²) in [5, 5.41) is 2.17. The molecule has 0 bridgehead atoms. The van der Waals surface area contributed by atoms with Gasteiger partial charge in [0.25, 0.3) is 0 Å². The van der Waals surface area contributed by atoms with E-state index in [-0.39, 0.29) is 6.61 Å². The van der Waals surface area contributed by atoms with Crippen LogP contribution in [0.25, 0.3) is 0 Å². The molecule has 0 aromatic heterocycles. The number of amides is 1. The molecular formula is C15H20ClNO6S. The SMILES string of the molecule is CC(C)(C)OC(=O)C(CS(=O)(=O)Cl)NC(=O)OCc1ccccc1. The summed E-state index contributed by atoms with van der Waals surface area (Å²) in [5.74, 6) is -1.72. The fourth-order valence-electron chi connectivity index (χ4n) is 1.65. The predicted octanol–water partition coefficient (Wildman–Crippen LogP) is 2.19. The standard InChI is InChI=1S/C15H20ClNO6S/c1-15(2,3)23-13(18)12(10-24(16,20)21)17-14(19)22-9-11-7-5-4-6-8-11/h4-8,12H,9-10H2,1-3H3,(H,17,19). The molecule has 7 nitrogen and oxygen atoms in total. The van der Waals surface area contributed by atoms with Gasteiger partial charge < -0.3 is 14.8 Å². The van der Waals surface area contributed by atoms with E-state index in [0.717, 1.165) is 5.56 Å². The number of alkyl carbamates (subject to hydrolysis) is 1. The summed E-state index contributed by atoms with van der Waals surface area (Å²) in [7, 11) is 1.14. The number of rotatable bonds is 6. The van der Waals surface area contributed by atoms with Crippen LogP contribution in [0.2, 0.25) is 0 Å². The number of halogens is 1. The second-order valence-corrected chi connectivity index (χ2v) is 8.82. The Labute approximate surface area is 145 Å². The zero-order valence-electron chi connectivity index (χ0n) is 13.6. The quantitative estimate of drug-likeness (QED) is 0.602. The molecule has 0 radical (unpaired) electrons. The van der Waals surface area contributed by atoms with E-state index >= 15 is 0 Å². The Morgan fingerprint density at radius 3 is 2.29 bits per heavy atom. The van der Waals surface area contributed by atoms with Gasteiger partial charge in [0, 0.05) is 10.7 Å². The van der Waals surface area contributed by atoms with Gasteiger partial charge >= 0.3 is 12.1 Å². The van der Waals surface area contributed by atoms with Crippen LogP contribution in [-0.2, 0) is 29.9 Å². The molecule has 1 amide bonds. The Bertz CT molecular complexity index is 669. The average molecular weight is 378 g/mol. The summed E-state index contributed by atoms with van der Waals surface area (Å²) in [6, 6.07) is 7.41. The maximum atomic E-state index is 12.0. The highest BCUT2D eigenvalue weighted by molar-refractivity contribution is 8.13. The van der Waals surface area contributed by atoms with Crippen molar-refractivity contribution >= 4 is 31.8 Å². The van der Waals surface area contributed by atoms with Gasteiger partial charge in [-0.05, 0) is 26.3 Å². The van der Waals surface area contributed by atoms with Crippen molar-refractivity contribution in [3.05, 3.63) is 35.9 Å². The Balaban J connectivity index is 2.69. The molecule has 1 N–H and O–H groups in total. The smallest absolute Gasteiger partial charge is 0.408 e. The fraction of sp³-hybridized carbons (Fsp3) is 0.467. The molecule has 0 aliphatic rings. The molecule has 1 rings (SSSR count). The highest BCUT2D eigenvalue weighted by Gasteiger charge is 2.31. The molecule has 0 fully saturated rings. The van der Waals surface area contributed by atoms with E-state index in [2.05, 4.69) is 5.32 Å². The fourth-order valence-corrected chi connectivity index (χ4v) is 2.64. The lowest BCUT2D eigenvalue weighted by Crippen LogP contribution is -2.47. The summed E-state index contributed by atoms with van der Waals surface area (Å²) in [6.45, 7) is 4.82. The van der Waals surface area contributed by atoms with Gasteiger partial charge in [0.2, 0.25) is 9.05 Å². The van der Waals surface area contributed by atoms with E-state index in [4.69, 9.17) is 20.2 Å². The molecule has 0 saturated heterocycles. The van der Waals surface area contributed by atoms with Crippen LogP contribution in [-0.4, -0.2) is 37.9 Å². The summed E-state index contributed by atoms with van der Waals surface area (Å²) >= 11 is 0. The van der Waals surface area contributed by atoms with Crippen LogP contribution in [0.1, 0.15) is 26.3 Å². The van der Waals surface area contributed by atoms with Crippen molar-refractivity contribution in [3.8, 4) is 0 Å². The van der Waals surface area contributed by atoms with Crippen molar-refractivity contribution in [2.75, 3.05) is 5.75 Å². The molecule has 0 spiro atoms. The third kappa shape index (κ3) is 8.73. The van der Waals surface area contributed by atoms with Crippen molar-refractivity contribution in [1.82, 2.24) is 5.32 Å². The summed E-state index contributed by atoms with van der Waals surface area (Å²) in [4.78, 5) is 23.8. The minimum atomic E-state index is -4.04. The second kappa shape index (κ2) is 8.34. The van der Waals surface area contributed by atoms with Crippen LogP contribution in [0, 0.1) is 0 Å². The largest absolute Gasteiger partial charge is 0.458 e. The predicted molar refractivity (Wildman–Crippen MR) is 89.0 cm³/mol. The molecule has 1 aromatic rings. The molecule has 9 heteroatoms. The third-order valence-corrected chi connectivity index (χ3v) is 3.67. The average Bonchev–Trinajstić information content (AvgIpc) is 2.42. The number of hydrogen-bond donors (Lipinski definition) is 1. The first kappa shape index (κ1) is 20.2. The van der Waals surface area contributed by atoms with E-state index < -0.39 is 38.5 Å². The molecular weight excluding hydrogens is 358 g/mol. The number of carbonyl (C=O) groups is 2. The van der Waals surface area contributed by atoms with E-state index in [1.54, 1.807) is 45.0 Å².